The van der Waals surface area contributed by atoms with Gasteiger partial charge in [-0.1, -0.05) is 27.7 Å². The molecule has 0 aromatic carbocycles. The highest BCUT2D eigenvalue weighted by atomic mass is 15.0. The minimum Gasteiger partial charge on any atom is -0.383 e. The quantitative estimate of drug-likeness (QED) is 0.821. The lowest BCUT2D eigenvalue weighted by atomic mass is 9.81. The number of nitrogens with two attached hydrogens (primary N) is 1. The van der Waals surface area contributed by atoms with E-state index in [9.17, 15) is 0 Å². The summed E-state index contributed by atoms with van der Waals surface area (Å²) < 4.78 is 0. The topological polar surface area (TPSA) is 63.8 Å². The summed E-state index contributed by atoms with van der Waals surface area (Å²) in [7, 11) is 0. The fourth-order valence-electron chi connectivity index (χ4n) is 1.16. The molecule has 1 rings (SSSR count). The van der Waals surface area contributed by atoms with E-state index in [-0.39, 0.29) is 5.41 Å². The second-order valence-electron chi connectivity index (χ2n) is 5.23. The van der Waals surface area contributed by atoms with Crippen LogP contribution in [-0.4, -0.2) is 16.5 Å². The van der Waals surface area contributed by atoms with Crippen LogP contribution in [0.4, 0.5) is 11.6 Å². The van der Waals surface area contributed by atoms with Gasteiger partial charge in [-0.2, -0.15) is 0 Å². The molecule has 0 saturated carbocycles. The molecule has 0 saturated heterocycles. The zero-order valence-electron chi connectivity index (χ0n) is 10.8. The maximum atomic E-state index is 5.73. The summed E-state index contributed by atoms with van der Waals surface area (Å²) in [5.41, 5.74) is 6.88. The molecule has 0 aliphatic carbocycles. The van der Waals surface area contributed by atoms with E-state index in [0.717, 1.165) is 17.9 Å². The van der Waals surface area contributed by atoms with Gasteiger partial charge in [0.2, 0.25) is 0 Å². The number of aromatic nitrogens is 2. The highest BCUT2D eigenvalue weighted by Gasteiger charge is 2.22. The molecule has 1 aromatic heterocycles. The van der Waals surface area contributed by atoms with Crippen LogP contribution in [0.5, 0.6) is 0 Å². The maximum Gasteiger partial charge on any atom is 0.134 e. The normalized spacial score (nSPS) is 11.9. The Balaban J connectivity index is 2.72. The summed E-state index contributed by atoms with van der Waals surface area (Å²) in [4.78, 5) is 8.14. The van der Waals surface area contributed by atoms with Crippen LogP contribution in [0.25, 0.3) is 0 Å². The van der Waals surface area contributed by atoms with Crippen molar-refractivity contribution in [2.75, 3.05) is 17.6 Å². The van der Waals surface area contributed by atoms with Crippen LogP contribution in [0.1, 0.15) is 33.3 Å². The van der Waals surface area contributed by atoms with Gasteiger partial charge in [0, 0.05) is 12.1 Å². The van der Waals surface area contributed by atoms with E-state index in [2.05, 4.69) is 43.0 Å². The Kier molecular flexibility index (Phi) is 3.73. The summed E-state index contributed by atoms with van der Waals surface area (Å²) in [6, 6.07) is 0. The summed E-state index contributed by atoms with van der Waals surface area (Å²) in [5.74, 6) is 1.99. The first-order chi connectivity index (χ1) is 7.34. The second-order valence-corrected chi connectivity index (χ2v) is 5.23. The van der Waals surface area contributed by atoms with Crippen LogP contribution in [0.2, 0.25) is 0 Å². The van der Waals surface area contributed by atoms with Crippen LogP contribution >= 0.6 is 0 Å². The molecule has 4 heteroatoms. The Bertz CT molecular complexity index is 358. The maximum absolute atomic E-state index is 5.73. The van der Waals surface area contributed by atoms with Crippen LogP contribution in [0.15, 0.2) is 6.33 Å². The molecular formula is C12H22N4. The van der Waals surface area contributed by atoms with Crippen molar-refractivity contribution in [1.82, 2.24) is 9.97 Å². The third kappa shape index (κ3) is 2.84. The predicted octanol–water partition coefficient (Wildman–Crippen LogP) is 2.46. The number of hydrogen-bond acceptors (Lipinski definition) is 4. The van der Waals surface area contributed by atoms with Crippen LogP contribution in [0.3, 0.4) is 0 Å². The molecule has 0 spiro atoms. The first kappa shape index (κ1) is 12.7. The van der Waals surface area contributed by atoms with Crippen molar-refractivity contribution in [3.8, 4) is 0 Å². The number of anilines is 2. The van der Waals surface area contributed by atoms with E-state index < -0.39 is 0 Å². The monoisotopic (exact) mass is 222 g/mol. The van der Waals surface area contributed by atoms with Gasteiger partial charge in [0.25, 0.3) is 0 Å². The van der Waals surface area contributed by atoms with Crippen molar-refractivity contribution in [2.24, 2.45) is 11.3 Å². The fourth-order valence-corrected chi connectivity index (χ4v) is 1.16. The van der Waals surface area contributed by atoms with Crippen molar-refractivity contribution in [3.63, 3.8) is 0 Å². The molecule has 0 unspecified atom stereocenters. The van der Waals surface area contributed by atoms with Crippen LogP contribution in [-0.2, 0) is 0 Å². The lowest BCUT2D eigenvalue weighted by molar-refractivity contribution is 0.269. The highest BCUT2D eigenvalue weighted by molar-refractivity contribution is 5.53. The SMILES string of the molecule is Cc1c(N)ncnc1NCC(C)(C)C(C)C. The van der Waals surface area contributed by atoms with E-state index in [1.165, 1.54) is 6.33 Å². The average Bonchev–Trinajstić information content (AvgIpc) is 2.20. The smallest absolute Gasteiger partial charge is 0.134 e. The van der Waals surface area contributed by atoms with Gasteiger partial charge in [0.15, 0.2) is 0 Å². The summed E-state index contributed by atoms with van der Waals surface area (Å²) in [6.07, 6.45) is 1.49. The van der Waals surface area contributed by atoms with Crippen LogP contribution in [0, 0.1) is 18.3 Å². The number of hydrogen-bond donors (Lipinski definition) is 2. The van der Waals surface area contributed by atoms with E-state index in [0.29, 0.717) is 11.7 Å². The predicted molar refractivity (Wildman–Crippen MR) is 68.3 cm³/mol. The number of nitrogens with one attached hydrogen (secondary N) is 1. The Hall–Kier alpha value is -1.32. The first-order valence-electron chi connectivity index (χ1n) is 5.65. The molecule has 3 N–H and O–H groups in total. The standard InChI is InChI=1S/C12H22N4/c1-8(2)12(4,5)6-14-11-9(3)10(13)15-7-16-11/h7-8H,6H2,1-5H3,(H3,13,14,15,16). The lowest BCUT2D eigenvalue weighted by Crippen LogP contribution is -2.29. The Morgan fingerprint density at radius 2 is 2.00 bits per heavy atom. The van der Waals surface area contributed by atoms with E-state index >= 15 is 0 Å². The molecule has 0 aliphatic heterocycles. The van der Waals surface area contributed by atoms with Crippen molar-refractivity contribution < 1.29 is 0 Å². The third-order valence-electron chi connectivity index (χ3n) is 3.40. The van der Waals surface area contributed by atoms with Crippen molar-refractivity contribution in [2.45, 2.75) is 34.6 Å². The Labute approximate surface area is 97.7 Å². The van der Waals surface area contributed by atoms with Gasteiger partial charge in [0.1, 0.15) is 18.0 Å². The van der Waals surface area contributed by atoms with Gasteiger partial charge < -0.3 is 11.1 Å². The zero-order valence-corrected chi connectivity index (χ0v) is 10.8. The molecule has 4 nitrogen and oxygen atoms in total. The minimum atomic E-state index is 0.228. The van der Waals surface area contributed by atoms with E-state index in [4.69, 9.17) is 5.73 Å². The molecule has 0 bridgehead atoms. The van der Waals surface area contributed by atoms with Gasteiger partial charge in [-0.15, -0.1) is 0 Å². The Morgan fingerprint density at radius 1 is 1.38 bits per heavy atom. The summed E-state index contributed by atoms with van der Waals surface area (Å²) in [6.45, 7) is 11.7. The molecule has 1 heterocycles. The molecule has 0 fully saturated rings. The number of nitrogen functional groups attached to an aromatic ring is 1. The van der Waals surface area contributed by atoms with Gasteiger partial charge in [-0.3, -0.25) is 0 Å². The van der Waals surface area contributed by atoms with E-state index in [1.807, 2.05) is 6.92 Å². The molecule has 1 aromatic rings. The highest BCUT2D eigenvalue weighted by Crippen LogP contribution is 2.26. The molecule has 0 amide bonds. The molecule has 0 radical (unpaired) electrons. The molecule has 16 heavy (non-hydrogen) atoms. The summed E-state index contributed by atoms with van der Waals surface area (Å²) in [5, 5.41) is 3.34. The second kappa shape index (κ2) is 4.68. The Morgan fingerprint density at radius 3 is 2.56 bits per heavy atom. The third-order valence-corrected chi connectivity index (χ3v) is 3.40. The molecule has 0 aliphatic rings. The van der Waals surface area contributed by atoms with Gasteiger partial charge in [-0.05, 0) is 18.3 Å². The minimum absolute atomic E-state index is 0.228. The lowest BCUT2D eigenvalue weighted by Gasteiger charge is -2.29. The number of rotatable bonds is 4. The molecular weight excluding hydrogens is 200 g/mol. The first-order valence-corrected chi connectivity index (χ1v) is 5.65. The zero-order chi connectivity index (χ0) is 12.3. The van der Waals surface area contributed by atoms with Gasteiger partial charge >= 0.3 is 0 Å². The van der Waals surface area contributed by atoms with Gasteiger partial charge in [-0.25, -0.2) is 9.97 Å². The van der Waals surface area contributed by atoms with Crippen molar-refractivity contribution in [3.05, 3.63) is 11.9 Å². The number of nitrogens with zero attached hydrogens (tertiary/aromatic N) is 2. The van der Waals surface area contributed by atoms with Crippen LogP contribution < -0.4 is 11.1 Å². The van der Waals surface area contributed by atoms with Crippen molar-refractivity contribution >= 4 is 11.6 Å². The van der Waals surface area contributed by atoms with Crippen molar-refractivity contribution in [1.29, 1.82) is 0 Å². The largest absolute Gasteiger partial charge is 0.383 e. The van der Waals surface area contributed by atoms with Gasteiger partial charge in [0.05, 0.1) is 0 Å². The van der Waals surface area contributed by atoms with E-state index in [1.54, 1.807) is 0 Å². The summed E-state index contributed by atoms with van der Waals surface area (Å²) >= 11 is 0. The molecule has 90 valence electrons. The molecule has 0 atom stereocenters. The average molecular weight is 222 g/mol. The fraction of sp³-hybridized carbons (Fsp3) is 0.667.